The Bertz CT molecular complexity index is 958. The molecule has 2 rings (SSSR count). The smallest absolute Gasteiger partial charge is 0.226 e. The number of carbonyl (C=O) groups excluding carboxylic acids is 2. The van der Waals surface area contributed by atoms with Gasteiger partial charge in [-0.05, 0) is 62.6 Å². The molecule has 0 fully saturated rings. The van der Waals surface area contributed by atoms with Gasteiger partial charge in [0.2, 0.25) is 11.6 Å². The van der Waals surface area contributed by atoms with Gasteiger partial charge in [-0.25, -0.2) is 4.85 Å². The highest BCUT2D eigenvalue weighted by molar-refractivity contribution is 6.34. The highest BCUT2D eigenvalue weighted by atomic mass is 35.5. The summed E-state index contributed by atoms with van der Waals surface area (Å²) in [7, 11) is 0. The van der Waals surface area contributed by atoms with Gasteiger partial charge in [0.1, 0.15) is 0 Å². The van der Waals surface area contributed by atoms with E-state index >= 15 is 0 Å². The number of aliphatic hydroxyl groups is 1. The van der Waals surface area contributed by atoms with Crippen molar-refractivity contribution in [2.24, 2.45) is 5.92 Å². The van der Waals surface area contributed by atoms with Gasteiger partial charge >= 0.3 is 0 Å². The maximum atomic E-state index is 12.8. The third-order valence-electron chi connectivity index (χ3n) is 4.78. The van der Waals surface area contributed by atoms with Crippen LogP contribution in [0.2, 0.25) is 10.0 Å². The van der Waals surface area contributed by atoms with Gasteiger partial charge in [-0.3, -0.25) is 9.59 Å². The molecule has 1 amide bonds. The Hall–Kier alpha value is -2.39. The van der Waals surface area contributed by atoms with Crippen LogP contribution in [0.4, 0.5) is 5.69 Å². The molecule has 1 atom stereocenters. The Kier molecular flexibility index (Phi) is 7.43. The quantitative estimate of drug-likeness (QED) is 0.488. The first-order chi connectivity index (χ1) is 13.5. The second-order valence-electron chi connectivity index (χ2n) is 7.35. The number of nitrogens with one attached hydrogen (secondary N) is 1. The first-order valence-corrected chi connectivity index (χ1v) is 9.74. The molecule has 0 spiro atoms. The van der Waals surface area contributed by atoms with Crippen molar-refractivity contribution in [1.82, 2.24) is 5.32 Å². The average Bonchev–Trinajstić information content (AvgIpc) is 2.66. The fourth-order valence-electron chi connectivity index (χ4n) is 2.93. The van der Waals surface area contributed by atoms with Crippen LogP contribution in [0, 0.1) is 19.4 Å². The van der Waals surface area contributed by atoms with Crippen LogP contribution >= 0.6 is 23.2 Å². The predicted octanol–water partition coefficient (Wildman–Crippen LogP) is 4.78. The van der Waals surface area contributed by atoms with Crippen LogP contribution in [0.15, 0.2) is 36.4 Å². The van der Waals surface area contributed by atoms with Gasteiger partial charge < -0.3 is 10.4 Å². The van der Waals surface area contributed by atoms with E-state index in [2.05, 4.69) is 10.2 Å². The number of amides is 1. The van der Waals surface area contributed by atoms with Gasteiger partial charge in [0, 0.05) is 10.6 Å². The molecule has 0 aliphatic carbocycles. The minimum absolute atomic E-state index is 0.191. The van der Waals surface area contributed by atoms with Crippen molar-refractivity contribution in [3.05, 3.63) is 74.6 Å². The molecule has 0 saturated heterocycles. The summed E-state index contributed by atoms with van der Waals surface area (Å²) in [5, 5.41) is 14.0. The SMILES string of the molecule is [C-]#[N+]c1ccc(C[C@@H](C(=O)NCC(=O)c2ccc(Cl)cc2)C(C)(C)O)c(C)c1Cl. The molecule has 0 bridgehead atoms. The molecule has 0 unspecified atom stereocenters. The maximum absolute atomic E-state index is 12.8. The molecule has 152 valence electrons. The van der Waals surface area contributed by atoms with E-state index in [1.165, 1.54) is 0 Å². The first kappa shape index (κ1) is 22.9. The lowest BCUT2D eigenvalue weighted by molar-refractivity contribution is -0.132. The van der Waals surface area contributed by atoms with Crippen molar-refractivity contribution in [2.75, 3.05) is 6.54 Å². The number of carbonyl (C=O) groups is 2. The van der Waals surface area contributed by atoms with Crippen LogP contribution in [0.1, 0.15) is 35.3 Å². The number of hydrogen-bond acceptors (Lipinski definition) is 3. The van der Waals surface area contributed by atoms with Crippen molar-refractivity contribution in [3.8, 4) is 0 Å². The molecule has 2 aromatic rings. The molecule has 7 heteroatoms. The summed E-state index contributed by atoms with van der Waals surface area (Å²) >= 11 is 12.0. The summed E-state index contributed by atoms with van der Waals surface area (Å²) in [6, 6.07) is 9.73. The van der Waals surface area contributed by atoms with Gasteiger partial charge in [-0.2, -0.15) is 0 Å². The van der Waals surface area contributed by atoms with Crippen LogP contribution in [-0.2, 0) is 11.2 Å². The summed E-state index contributed by atoms with van der Waals surface area (Å²) in [6.45, 7) is 11.8. The molecule has 0 saturated carbocycles. The van der Waals surface area contributed by atoms with Gasteiger partial charge in [0.25, 0.3) is 0 Å². The van der Waals surface area contributed by atoms with Gasteiger partial charge in [-0.15, -0.1) is 0 Å². The molecule has 2 aromatic carbocycles. The fraction of sp³-hybridized carbons (Fsp3) is 0.318. The normalized spacial score (nSPS) is 12.2. The van der Waals surface area contributed by atoms with E-state index in [1.807, 2.05) is 0 Å². The van der Waals surface area contributed by atoms with Crippen molar-refractivity contribution in [3.63, 3.8) is 0 Å². The molecule has 0 aromatic heterocycles. The van der Waals surface area contributed by atoms with Crippen LogP contribution in [0.3, 0.4) is 0 Å². The Morgan fingerprint density at radius 1 is 1.17 bits per heavy atom. The predicted molar refractivity (Wildman–Crippen MR) is 115 cm³/mol. The van der Waals surface area contributed by atoms with E-state index in [0.29, 0.717) is 26.9 Å². The highest BCUT2D eigenvalue weighted by Crippen LogP contribution is 2.33. The molecule has 2 N–H and O–H groups in total. The number of Topliss-reactive ketones (excluding diaryl/α,β-unsaturated/α-hetero) is 1. The lowest BCUT2D eigenvalue weighted by atomic mass is 9.83. The van der Waals surface area contributed by atoms with Crippen molar-refractivity contribution >= 4 is 40.6 Å². The largest absolute Gasteiger partial charge is 0.390 e. The average molecular weight is 433 g/mol. The first-order valence-electron chi connectivity index (χ1n) is 8.99. The van der Waals surface area contributed by atoms with E-state index in [-0.39, 0.29) is 18.7 Å². The Morgan fingerprint density at radius 3 is 2.34 bits per heavy atom. The van der Waals surface area contributed by atoms with Crippen LogP contribution in [0.5, 0.6) is 0 Å². The summed E-state index contributed by atoms with van der Waals surface area (Å²) in [5.74, 6) is -1.51. The van der Waals surface area contributed by atoms with Gasteiger partial charge in [-0.1, -0.05) is 35.3 Å². The lowest BCUT2D eigenvalue weighted by Crippen LogP contribution is -2.45. The third-order valence-corrected chi connectivity index (χ3v) is 5.51. The number of rotatable bonds is 7. The van der Waals surface area contributed by atoms with Crippen LogP contribution in [0.25, 0.3) is 4.85 Å². The number of benzene rings is 2. The van der Waals surface area contributed by atoms with Crippen molar-refractivity contribution < 1.29 is 14.7 Å². The van der Waals surface area contributed by atoms with Gasteiger partial charge in [0.15, 0.2) is 5.78 Å². The Morgan fingerprint density at radius 2 is 1.79 bits per heavy atom. The highest BCUT2D eigenvalue weighted by Gasteiger charge is 2.34. The molecule has 0 aliphatic heterocycles. The van der Waals surface area contributed by atoms with Crippen molar-refractivity contribution in [2.45, 2.75) is 32.8 Å². The third kappa shape index (κ3) is 5.80. The number of ketones is 1. The molecule has 0 radical (unpaired) electrons. The van der Waals surface area contributed by atoms with E-state index in [9.17, 15) is 14.7 Å². The summed E-state index contributed by atoms with van der Waals surface area (Å²) < 4.78 is 0. The molecule has 0 aliphatic rings. The molecule has 29 heavy (non-hydrogen) atoms. The summed E-state index contributed by atoms with van der Waals surface area (Å²) in [6.07, 6.45) is 0.217. The second kappa shape index (κ2) is 9.41. The summed E-state index contributed by atoms with van der Waals surface area (Å²) in [5.41, 5.74) is 0.899. The Labute approximate surface area is 180 Å². The molecular formula is C22H22Cl2N2O3. The minimum Gasteiger partial charge on any atom is -0.390 e. The topological polar surface area (TPSA) is 70.8 Å². The zero-order chi connectivity index (χ0) is 21.8. The fourth-order valence-corrected chi connectivity index (χ4v) is 3.28. The van der Waals surface area contributed by atoms with Gasteiger partial charge in [0.05, 0.1) is 29.7 Å². The molecule has 5 nitrogen and oxygen atoms in total. The maximum Gasteiger partial charge on any atom is 0.226 e. The molecular weight excluding hydrogens is 411 g/mol. The van der Waals surface area contributed by atoms with Crippen molar-refractivity contribution in [1.29, 1.82) is 0 Å². The minimum atomic E-state index is -1.33. The lowest BCUT2D eigenvalue weighted by Gasteiger charge is -2.29. The standard InChI is InChI=1S/C22H22Cl2N2O3/c1-13-15(7-10-18(25-4)20(13)24)11-17(22(2,3)29)21(28)26-12-19(27)14-5-8-16(23)9-6-14/h5-10,17,29H,11-12H2,1-3H3,(H,26,28)/t17-/m0/s1. The van der Waals surface area contributed by atoms with Crippen LogP contribution in [-0.4, -0.2) is 28.9 Å². The Balaban J connectivity index is 2.15. The van der Waals surface area contributed by atoms with E-state index in [0.717, 1.165) is 5.56 Å². The van der Waals surface area contributed by atoms with E-state index in [1.54, 1.807) is 57.2 Å². The second-order valence-corrected chi connectivity index (χ2v) is 8.17. The number of hydrogen-bond donors (Lipinski definition) is 2. The van der Waals surface area contributed by atoms with E-state index < -0.39 is 17.4 Å². The zero-order valence-corrected chi connectivity index (χ0v) is 17.9. The van der Waals surface area contributed by atoms with E-state index in [4.69, 9.17) is 29.8 Å². The monoisotopic (exact) mass is 432 g/mol. The number of nitrogens with zero attached hydrogens (tertiary/aromatic N) is 1. The summed E-state index contributed by atoms with van der Waals surface area (Å²) in [4.78, 5) is 28.4. The zero-order valence-electron chi connectivity index (χ0n) is 16.4. The molecule has 0 heterocycles. The van der Waals surface area contributed by atoms with Crippen LogP contribution < -0.4 is 5.32 Å². The number of halogens is 2.